The van der Waals surface area contributed by atoms with Gasteiger partial charge in [0.05, 0.1) is 0 Å². The maximum absolute atomic E-state index is 5.75. The minimum Gasteiger partial charge on any atom is -0.317 e. The van der Waals surface area contributed by atoms with E-state index < -0.39 is 0 Å². The molecule has 3 heteroatoms. The zero-order valence-corrected chi connectivity index (χ0v) is 6.64. The molecule has 0 bridgehead atoms. The van der Waals surface area contributed by atoms with Crippen LogP contribution in [0.3, 0.4) is 0 Å². The van der Waals surface area contributed by atoms with Crippen molar-refractivity contribution >= 4 is 0 Å². The summed E-state index contributed by atoms with van der Waals surface area (Å²) in [6.45, 7) is 5.31. The lowest BCUT2D eigenvalue weighted by molar-refractivity contribution is 0.173. The molecular weight excluding hydrogens is 126 g/mol. The molecule has 0 saturated carbocycles. The van der Waals surface area contributed by atoms with E-state index in [1.165, 1.54) is 12.8 Å². The SMILES string of the molecule is CCN(N)C1CCNCC1. The zero-order chi connectivity index (χ0) is 7.40. The highest BCUT2D eigenvalue weighted by Gasteiger charge is 2.15. The lowest BCUT2D eigenvalue weighted by Crippen LogP contribution is -2.46. The summed E-state index contributed by atoms with van der Waals surface area (Å²) in [5, 5.41) is 5.26. The third-order valence-electron chi connectivity index (χ3n) is 2.14. The van der Waals surface area contributed by atoms with Gasteiger partial charge in [0.25, 0.3) is 0 Å². The highest BCUT2D eigenvalue weighted by molar-refractivity contribution is 4.73. The van der Waals surface area contributed by atoms with E-state index in [-0.39, 0.29) is 0 Å². The fraction of sp³-hybridized carbons (Fsp3) is 1.00. The number of nitrogens with zero attached hydrogens (tertiary/aromatic N) is 1. The second-order valence-electron chi connectivity index (χ2n) is 2.81. The minimum atomic E-state index is 0.617. The van der Waals surface area contributed by atoms with Crippen molar-refractivity contribution in [2.24, 2.45) is 5.84 Å². The molecular formula is C7H17N3. The topological polar surface area (TPSA) is 41.3 Å². The van der Waals surface area contributed by atoms with Crippen LogP contribution < -0.4 is 11.2 Å². The maximum Gasteiger partial charge on any atom is 0.0265 e. The molecule has 1 aliphatic rings. The lowest BCUT2D eigenvalue weighted by Gasteiger charge is -2.29. The quantitative estimate of drug-likeness (QED) is 0.420. The molecule has 0 aromatic carbocycles. The number of piperidine rings is 1. The second kappa shape index (κ2) is 3.91. The molecule has 0 aromatic rings. The van der Waals surface area contributed by atoms with Gasteiger partial charge in [-0.2, -0.15) is 0 Å². The Hall–Kier alpha value is -0.120. The van der Waals surface area contributed by atoms with Gasteiger partial charge in [0.1, 0.15) is 0 Å². The van der Waals surface area contributed by atoms with Crippen molar-refractivity contribution < 1.29 is 0 Å². The van der Waals surface area contributed by atoms with Gasteiger partial charge in [0.15, 0.2) is 0 Å². The summed E-state index contributed by atoms with van der Waals surface area (Å²) in [5.41, 5.74) is 0. The second-order valence-corrected chi connectivity index (χ2v) is 2.81. The van der Waals surface area contributed by atoms with E-state index in [4.69, 9.17) is 5.84 Å². The van der Waals surface area contributed by atoms with E-state index in [0.29, 0.717) is 6.04 Å². The molecule has 10 heavy (non-hydrogen) atoms. The largest absolute Gasteiger partial charge is 0.317 e. The van der Waals surface area contributed by atoms with Crippen LogP contribution in [-0.2, 0) is 0 Å². The van der Waals surface area contributed by atoms with Gasteiger partial charge in [-0.15, -0.1) is 0 Å². The Bertz CT molecular complexity index is 88.9. The number of hydrogen-bond acceptors (Lipinski definition) is 3. The lowest BCUT2D eigenvalue weighted by atomic mass is 10.1. The van der Waals surface area contributed by atoms with Crippen molar-refractivity contribution in [1.29, 1.82) is 0 Å². The summed E-state index contributed by atoms with van der Waals surface area (Å²) in [5.74, 6) is 5.75. The maximum atomic E-state index is 5.75. The Morgan fingerprint density at radius 1 is 1.50 bits per heavy atom. The zero-order valence-electron chi connectivity index (χ0n) is 6.64. The third kappa shape index (κ3) is 1.94. The highest BCUT2D eigenvalue weighted by Crippen LogP contribution is 2.06. The molecule has 60 valence electrons. The normalized spacial score (nSPS) is 21.9. The number of nitrogens with two attached hydrogens (primary N) is 1. The summed E-state index contributed by atoms with van der Waals surface area (Å²) in [6.07, 6.45) is 2.40. The van der Waals surface area contributed by atoms with Crippen molar-refractivity contribution in [3.05, 3.63) is 0 Å². The molecule has 1 rings (SSSR count). The van der Waals surface area contributed by atoms with Gasteiger partial charge >= 0.3 is 0 Å². The minimum absolute atomic E-state index is 0.617. The molecule has 0 atom stereocenters. The van der Waals surface area contributed by atoms with Crippen LogP contribution in [-0.4, -0.2) is 30.7 Å². The standard InChI is InChI=1S/C7H17N3/c1-2-10(8)7-3-5-9-6-4-7/h7,9H,2-6,8H2,1H3. The van der Waals surface area contributed by atoms with Crippen molar-refractivity contribution in [2.45, 2.75) is 25.8 Å². The fourth-order valence-corrected chi connectivity index (χ4v) is 1.40. The van der Waals surface area contributed by atoms with Crippen LogP contribution in [0.1, 0.15) is 19.8 Å². The molecule has 0 unspecified atom stereocenters. The average molecular weight is 143 g/mol. The van der Waals surface area contributed by atoms with E-state index >= 15 is 0 Å². The van der Waals surface area contributed by atoms with E-state index in [9.17, 15) is 0 Å². The van der Waals surface area contributed by atoms with E-state index in [0.717, 1.165) is 19.6 Å². The Kier molecular flexibility index (Phi) is 3.12. The highest BCUT2D eigenvalue weighted by atomic mass is 15.4. The molecule has 1 heterocycles. The first-order valence-electron chi connectivity index (χ1n) is 4.06. The Morgan fingerprint density at radius 3 is 2.60 bits per heavy atom. The van der Waals surface area contributed by atoms with Crippen LogP contribution >= 0.6 is 0 Å². The average Bonchev–Trinajstić information content (AvgIpc) is 2.05. The van der Waals surface area contributed by atoms with Crippen molar-refractivity contribution in [2.75, 3.05) is 19.6 Å². The molecule has 0 radical (unpaired) electrons. The molecule has 0 aliphatic carbocycles. The number of nitrogens with one attached hydrogen (secondary N) is 1. The summed E-state index contributed by atoms with van der Waals surface area (Å²) in [7, 11) is 0. The van der Waals surface area contributed by atoms with Crippen LogP contribution in [0, 0.1) is 0 Å². The first-order chi connectivity index (χ1) is 4.84. The van der Waals surface area contributed by atoms with Gasteiger partial charge < -0.3 is 5.32 Å². The smallest absolute Gasteiger partial charge is 0.0265 e. The fourth-order valence-electron chi connectivity index (χ4n) is 1.40. The van der Waals surface area contributed by atoms with Gasteiger partial charge in [-0.05, 0) is 25.9 Å². The number of rotatable bonds is 2. The predicted octanol–water partition coefficient (Wildman–Crippen LogP) is -0.0660. The predicted molar refractivity (Wildman–Crippen MR) is 42.5 cm³/mol. The third-order valence-corrected chi connectivity index (χ3v) is 2.14. The molecule has 0 aromatic heterocycles. The summed E-state index contributed by atoms with van der Waals surface area (Å²) in [4.78, 5) is 0. The van der Waals surface area contributed by atoms with Gasteiger partial charge in [-0.25, -0.2) is 5.01 Å². The van der Waals surface area contributed by atoms with Crippen LogP contribution in [0.25, 0.3) is 0 Å². The van der Waals surface area contributed by atoms with Crippen molar-refractivity contribution in [1.82, 2.24) is 10.3 Å². The Morgan fingerprint density at radius 2 is 2.10 bits per heavy atom. The number of hydrogen-bond donors (Lipinski definition) is 2. The molecule has 1 saturated heterocycles. The summed E-state index contributed by atoms with van der Waals surface area (Å²) in [6, 6.07) is 0.617. The van der Waals surface area contributed by atoms with Crippen LogP contribution in [0.15, 0.2) is 0 Å². The van der Waals surface area contributed by atoms with E-state index in [1.807, 2.05) is 5.01 Å². The molecule has 3 N–H and O–H groups in total. The van der Waals surface area contributed by atoms with Crippen LogP contribution in [0.2, 0.25) is 0 Å². The molecule has 1 aliphatic heterocycles. The number of hydrazine groups is 1. The molecule has 3 nitrogen and oxygen atoms in total. The van der Waals surface area contributed by atoms with Gasteiger partial charge in [0, 0.05) is 12.6 Å². The van der Waals surface area contributed by atoms with E-state index in [2.05, 4.69) is 12.2 Å². The van der Waals surface area contributed by atoms with Gasteiger partial charge in [-0.3, -0.25) is 5.84 Å². The van der Waals surface area contributed by atoms with Gasteiger partial charge in [-0.1, -0.05) is 6.92 Å². The first kappa shape index (κ1) is 7.98. The molecule has 1 fully saturated rings. The monoisotopic (exact) mass is 143 g/mol. The van der Waals surface area contributed by atoms with Crippen LogP contribution in [0.5, 0.6) is 0 Å². The van der Waals surface area contributed by atoms with Crippen LogP contribution in [0.4, 0.5) is 0 Å². The van der Waals surface area contributed by atoms with E-state index in [1.54, 1.807) is 0 Å². The van der Waals surface area contributed by atoms with Gasteiger partial charge in [0.2, 0.25) is 0 Å². The van der Waals surface area contributed by atoms with Crippen molar-refractivity contribution in [3.63, 3.8) is 0 Å². The molecule has 0 spiro atoms. The summed E-state index contributed by atoms with van der Waals surface area (Å²) < 4.78 is 0. The Labute approximate surface area is 62.5 Å². The summed E-state index contributed by atoms with van der Waals surface area (Å²) >= 11 is 0. The Balaban J connectivity index is 2.24. The molecule has 0 amide bonds. The van der Waals surface area contributed by atoms with Crippen molar-refractivity contribution in [3.8, 4) is 0 Å². The first-order valence-corrected chi connectivity index (χ1v) is 4.06.